The Kier molecular flexibility index (Phi) is 7.88. The number of urea groups is 1. The summed E-state index contributed by atoms with van der Waals surface area (Å²) in [6.45, 7) is 3.35. The first-order valence-electron chi connectivity index (χ1n) is 10.7. The molecule has 1 aromatic carbocycles. The molecule has 3 amide bonds. The van der Waals surface area contributed by atoms with E-state index in [2.05, 4.69) is 10.0 Å². The lowest BCUT2D eigenvalue weighted by molar-refractivity contribution is -0.121. The first-order valence-corrected chi connectivity index (χ1v) is 12.4. The fourth-order valence-electron chi connectivity index (χ4n) is 3.28. The van der Waals surface area contributed by atoms with Crippen LogP contribution in [0, 0.1) is 11.7 Å². The van der Waals surface area contributed by atoms with Crippen molar-refractivity contribution in [3.8, 4) is 5.75 Å². The highest BCUT2D eigenvalue weighted by Crippen LogP contribution is 2.31. The lowest BCUT2D eigenvalue weighted by Gasteiger charge is -2.26. The van der Waals surface area contributed by atoms with E-state index in [1.165, 1.54) is 11.0 Å². The molecule has 8 nitrogen and oxygen atoms in total. The molecular weight excluding hydrogens is 425 g/mol. The van der Waals surface area contributed by atoms with Crippen LogP contribution in [-0.2, 0) is 14.8 Å². The number of nitrogens with one attached hydrogen (secondary N) is 2. The monoisotopic (exact) mass is 455 g/mol. The Balaban J connectivity index is 1.40. The molecule has 1 saturated heterocycles. The zero-order valence-electron chi connectivity index (χ0n) is 17.7. The standard InChI is InChI=1S/C21H30FN3O5S/c1-15(17-6-7-18(22)19(12-17)30-14-16-4-5-16)13-23-31(28,29)11-3-2-9-25-10-8-20(26)24-21(25)27/h6-7,12,15-16,23H,2-5,8-11,13-14H2,1H3,(H,24,26,27)/t15-/m0/s1. The fraction of sp³-hybridized carbons (Fsp3) is 0.619. The quantitative estimate of drug-likeness (QED) is 0.471. The number of hydrogen-bond donors (Lipinski definition) is 2. The van der Waals surface area contributed by atoms with Crippen LogP contribution >= 0.6 is 0 Å². The first-order chi connectivity index (χ1) is 14.7. The molecule has 2 aliphatic rings. The van der Waals surface area contributed by atoms with E-state index in [1.54, 1.807) is 12.1 Å². The van der Waals surface area contributed by atoms with E-state index in [4.69, 9.17) is 4.74 Å². The molecule has 2 fully saturated rings. The summed E-state index contributed by atoms with van der Waals surface area (Å²) in [6.07, 6.45) is 3.42. The number of rotatable bonds is 12. The molecule has 31 heavy (non-hydrogen) atoms. The number of amides is 3. The Morgan fingerprint density at radius 2 is 2.06 bits per heavy atom. The molecule has 1 saturated carbocycles. The molecule has 1 heterocycles. The topological polar surface area (TPSA) is 105 Å². The van der Waals surface area contributed by atoms with Crippen LogP contribution in [0.5, 0.6) is 5.75 Å². The Bertz CT molecular complexity index is 904. The Morgan fingerprint density at radius 3 is 2.77 bits per heavy atom. The van der Waals surface area contributed by atoms with Gasteiger partial charge in [-0.2, -0.15) is 0 Å². The molecule has 0 radical (unpaired) electrons. The average molecular weight is 456 g/mol. The van der Waals surface area contributed by atoms with Crippen LogP contribution in [0.4, 0.5) is 9.18 Å². The van der Waals surface area contributed by atoms with Gasteiger partial charge in [0.1, 0.15) is 0 Å². The third-order valence-corrected chi connectivity index (χ3v) is 6.97. The van der Waals surface area contributed by atoms with E-state index < -0.39 is 21.9 Å². The summed E-state index contributed by atoms with van der Waals surface area (Å²) < 4.78 is 46.7. The number of imide groups is 1. The number of ether oxygens (including phenoxy) is 1. The van der Waals surface area contributed by atoms with E-state index in [-0.39, 0.29) is 36.3 Å². The molecule has 1 aliphatic heterocycles. The number of benzene rings is 1. The minimum absolute atomic E-state index is 0.0483. The highest BCUT2D eigenvalue weighted by molar-refractivity contribution is 7.89. The van der Waals surface area contributed by atoms with Gasteiger partial charge in [0.15, 0.2) is 11.6 Å². The van der Waals surface area contributed by atoms with Gasteiger partial charge in [-0.15, -0.1) is 0 Å². The van der Waals surface area contributed by atoms with Crippen molar-refractivity contribution in [1.82, 2.24) is 14.9 Å². The molecule has 0 spiro atoms. The predicted octanol–water partition coefficient (Wildman–Crippen LogP) is 2.36. The maximum absolute atomic E-state index is 13.9. The molecule has 1 aliphatic carbocycles. The van der Waals surface area contributed by atoms with E-state index in [9.17, 15) is 22.4 Å². The van der Waals surface area contributed by atoms with Crippen LogP contribution in [0.2, 0.25) is 0 Å². The number of nitrogens with zero attached hydrogens (tertiary/aromatic N) is 1. The summed E-state index contributed by atoms with van der Waals surface area (Å²) >= 11 is 0. The van der Waals surface area contributed by atoms with Crippen molar-refractivity contribution in [2.75, 3.05) is 32.0 Å². The molecule has 10 heteroatoms. The highest BCUT2D eigenvalue weighted by atomic mass is 32.2. The SMILES string of the molecule is C[C@@H](CNS(=O)(=O)CCCCN1CCC(=O)NC1=O)c1ccc(F)c(OCC2CC2)c1. The van der Waals surface area contributed by atoms with Gasteiger partial charge in [0.2, 0.25) is 15.9 Å². The Morgan fingerprint density at radius 1 is 1.29 bits per heavy atom. The van der Waals surface area contributed by atoms with E-state index in [0.29, 0.717) is 38.5 Å². The van der Waals surface area contributed by atoms with Crippen LogP contribution < -0.4 is 14.8 Å². The van der Waals surface area contributed by atoms with E-state index in [0.717, 1.165) is 18.4 Å². The second-order valence-corrected chi connectivity index (χ2v) is 10.2. The second-order valence-electron chi connectivity index (χ2n) is 8.31. The van der Waals surface area contributed by atoms with Gasteiger partial charge in [0.25, 0.3) is 0 Å². The average Bonchev–Trinajstić information content (AvgIpc) is 3.55. The van der Waals surface area contributed by atoms with Gasteiger partial charge in [-0.25, -0.2) is 22.3 Å². The van der Waals surface area contributed by atoms with Crippen LogP contribution in [0.25, 0.3) is 0 Å². The Hall–Kier alpha value is -2.20. The van der Waals surface area contributed by atoms with Crippen molar-refractivity contribution in [3.63, 3.8) is 0 Å². The van der Waals surface area contributed by atoms with Gasteiger partial charge >= 0.3 is 6.03 Å². The summed E-state index contributed by atoms with van der Waals surface area (Å²) in [6, 6.07) is 4.22. The normalized spacial score (nSPS) is 18.1. The van der Waals surface area contributed by atoms with E-state index in [1.807, 2.05) is 6.92 Å². The van der Waals surface area contributed by atoms with Gasteiger partial charge < -0.3 is 9.64 Å². The van der Waals surface area contributed by atoms with Crippen molar-refractivity contribution >= 4 is 22.0 Å². The number of carbonyl (C=O) groups is 2. The molecule has 0 bridgehead atoms. The summed E-state index contributed by atoms with van der Waals surface area (Å²) in [5, 5.41) is 2.24. The zero-order chi connectivity index (χ0) is 22.4. The van der Waals surface area contributed by atoms with Crippen molar-refractivity contribution in [2.24, 2.45) is 5.92 Å². The van der Waals surface area contributed by atoms with Gasteiger partial charge in [-0.3, -0.25) is 10.1 Å². The molecular formula is C21H30FN3O5S. The van der Waals surface area contributed by atoms with Crippen LogP contribution in [0.3, 0.4) is 0 Å². The predicted molar refractivity (Wildman–Crippen MR) is 114 cm³/mol. The maximum atomic E-state index is 13.9. The summed E-state index contributed by atoms with van der Waals surface area (Å²) in [7, 11) is -3.47. The smallest absolute Gasteiger partial charge is 0.324 e. The Labute approximate surface area is 182 Å². The molecule has 0 unspecified atom stereocenters. The third kappa shape index (κ3) is 7.46. The number of hydrogen-bond acceptors (Lipinski definition) is 5. The molecule has 3 rings (SSSR count). The van der Waals surface area contributed by atoms with E-state index >= 15 is 0 Å². The summed E-state index contributed by atoms with van der Waals surface area (Å²) in [5.41, 5.74) is 0.806. The number of halogens is 1. The lowest BCUT2D eigenvalue weighted by atomic mass is 10.0. The van der Waals surface area contributed by atoms with Crippen LogP contribution in [0.15, 0.2) is 18.2 Å². The van der Waals surface area contributed by atoms with Gasteiger partial charge in [-0.1, -0.05) is 13.0 Å². The maximum Gasteiger partial charge on any atom is 0.324 e. The molecule has 0 aromatic heterocycles. The zero-order valence-corrected chi connectivity index (χ0v) is 18.5. The van der Waals surface area contributed by atoms with Crippen molar-refractivity contribution in [1.29, 1.82) is 0 Å². The minimum Gasteiger partial charge on any atom is -0.490 e. The van der Waals surface area contributed by atoms with Gasteiger partial charge in [-0.05, 0) is 55.2 Å². The largest absolute Gasteiger partial charge is 0.490 e. The summed E-state index contributed by atoms with van der Waals surface area (Å²) in [4.78, 5) is 24.3. The number of sulfonamides is 1. The van der Waals surface area contributed by atoms with Gasteiger partial charge in [0.05, 0.1) is 12.4 Å². The van der Waals surface area contributed by atoms with Crippen LogP contribution in [0.1, 0.15) is 50.5 Å². The fourth-order valence-corrected chi connectivity index (χ4v) is 4.51. The minimum atomic E-state index is -3.47. The van der Waals surface area contributed by atoms with Crippen molar-refractivity contribution in [3.05, 3.63) is 29.6 Å². The molecule has 2 N–H and O–H groups in total. The van der Waals surface area contributed by atoms with Crippen LogP contribution in [-0.4, -0.2) is 57.3 Å². The molecule has 1 atom stereocenters. The first kappa shape index (κ1) is 23.5. The number of unbranched alkanes of at least 4 members (excludes halogenated alkanes) is 1. The molecule has 172 valence electrons. The number of carbonyl (C=O) groups excluding carboxylic acids is 2. The summed E-state index contributed by atoms with van der Waals surface area (Å²) in [5.74, 6) is -0.170. The van der Waals surface area contributed by atoms with Crippen molar-refractivity contribution < 1.29 is 27.1 Å². The lowest BCUT2D eigenvalue weighted by Crippen LogP contribution is -2.49. The molecule has 1 aromatic rings. The third-order valence-electron chi connectivity index (χ3n) is 5.54. The van der Waals surface area contributed by atoms with Crippen molar-refractivity contribution in [2.45, 2.75) is 44.9 Å². The van der Waals surface area contributed by atoms with Gasteiger partial charge in [0, 0.05) is 26.1 Å². The highest BCUT2D eigenvalue weighted by Gasteiger charge is 2.24. The second kappa shape index (κ2) is 10.4.